The van der Waals surface area contributed by atoms with Gasteiger partial charge < -0.3 is 4.98 Å². The molecule has 1 N–H and O–H groups in total. The van der Waals surface area contributed by atoms with Gasteiger partial charge in [-0.2, -0.15) is 5.26 Å². The average Bonchev–Trinajstić information content (AvgIpc) is 2.48. The monoisotopic (exact) mass is 238 g/mol. The number of aromatic nitrogens is 1. The lowest BCUT2D eigenvalue weighted by molar-refractivity contribution is 0.623. The van der Waals surface area contributed by atoms with Crippen molar-refractivity contribution < 1.29 is 4.39 Å². The Morgan fingerprint density at radius 3 is 2.92 bits per heavy atom. The molecule has 0 aliphatic carbocycles. The first-order chi connectivity index (χ1) is 6.22. The summed E-state index contributed by atoms with van der Waals surface area (Å²) >= 11 is 3.07. The number of H-pyrrole nitrogens is 1. The Labute approximate surface area is 82.1 Å². The molecular formula is C9H4BrFN2. The Morgan fingerprint density at radius 1 is 1.46 bits per heavy atom. The summed E-state index contributed by atoms with van der Waals surface area (Å²) in [7, 11) is 0. The van der Waals surface area contributed by atoms with Crippen LogP contribution in [0.15, 0.2) is 22.8 Å². The summed E-state index contributed by atoms with van der Waals surface area (Å²) in [4.78, 5) is 2.82. The molecule has 0 atom stereocenters. The second kappa shape index (κ2) is 2.86. The maximum Gasteiger partial charge on any atom is 0.139 e. The zero-order valence-corrected chi connectivity index (χ0v) is 8.02. The number of aromatic amines is 1. The fourth-order valence-electron chi connectivity index (χ4n) is 1.21. The third-order valence-corrected chi connectivity index (χ3v) is 2.45. The molecule has 0 saturated carbocycles. The Kier molecular flexibility index (Phi) is 1.82. The van der Waals surface area contributed by atoms with Gasteiger partial charge in [-0.25, -0.2) is 4.39 Å². The third-order valence-electron chi connectivity index (χ3n) is 1.84. The minimum absolute atomic E-state index is 0.334. The first kappa shape index (κ1) is 8.27. The van der Waals surface area contributed by atoms with Crippen molar-refractivity contribution in [1.29, 1.82) is 5.26 Å². The highest BCUT2D eigenvalue weighted by atomic mass is 79.9. The normalized spacial score (nSPS) is 10.2. The number of nitrogens with zero attached hydrogens (tertiary/aromatic N) is 1. The molecule has 13 heavy (non-hydrogen) atoms. The molecule has 0 saturated heterocycles. The Bertz CT molecular complexity index is 510. The van der Waals surface area contributed by atoms with Crippen molar-refractivity contribution in [3.63, 3.8) is 0 Å². The van der Waals surface area contributed by atoms with Crippen molar-refractivity contribution in [2.75, 3.05) is 0 Å². The van der Waals surface area contributed by atoms with Crippen LogP contribution in [0.3, 0.4) is 0 Å². The number of hydrogen-bond acceptors (Lipinski definition) is 1. The molecule has 1 aromatic heterocycles. The summed E-state index contributed by atoms with van der Waals surface area (Å²) in [5, 5.41) is 9.44. The minimum Gasteiger partial charge on any atom is -0.360 e. The molecule has 0 amide bonds. The van der Waals surface area contributed by atoms with Crippen LogP contribution in [-0.2, 0) is 0 Å². The molecule has 2 nitrogen and oxygen atoms in total. The first-order valence-electron chi connectivity index (χ1n) is 3.58. The van der Waals surface area contributed by atoms with Gasteiger partial charge in [0.15, 0.2) is 0 Å². The molecule has 0 spiro atoms. The van der Waals surface area contributed by atoms with Crippen LogP contribution in [0, 0.1) is 17.1 Å². The van der Waals surface area contributed by atoms with E-state index in [-0.39, 0.29) is 5.82 Å². The van der Waals surface area contributed by atoms with E-state index in [0.717, 1.165) is 5.39 Å². The predicted octanol–water partition coefficient (Wildman–Crippen LogP) is 2.94. The number of nitrogens with one attached hydrogen (secondary N) is 1. The third kappa shape index (κ3) is 1.21. The van der Waals surface area contributed by atoms with Crippen LogP contribution in [-0.4, -0.2) is 4.98 Å². The minimum atomic E-state index is -0.334. The summed E-state index contributed by atoms with van der Waals surface area (Å²) in [5.74, 6) is -0.334. The highest BCUT2D eigenvalue weighted by Gasteiger charge is 2.06. The van der Waals surface area contributed by atoms with Crippen LogP contribution < -0.4 is 0 Å². The lowest BCUT2D eigenvalue weighted by Crippen LogP contribution is -1.77. The molecular weight excluding hydrogens is 235 g/mol. The van der Waals surface area contributed by atoms with Crippen LogP contribution >= 0.6 is 15.9 Å². The fraction of sp³-hybridized carbons (Fsp3) is 0. The van der Waals surface area contributed by atoms with Gasteiger partial charge in [0.2, 0.25) is 0 Å². The van der Waals surface area contributed by atoms with Gasteiger partial charge in [-0.1, -0.05) is 0 Å². The van der Waals surface area contributed by atoms with Gasteiger partial charge in [-0.15, -0.1) is 0 Å². The number of halogens is 2. The number of hydrogen-bond donors (Lipinski definition) is 1. The van der Waals surface area contributed by atoms with Crippen molar-refractivity contribution in [1.82, 2.24) is 4.98 Å². The largest absolute Gasteiger partial charge is 0.360 e. The number of nitriles is 1. The van der Waals surface area contributed by atoms with Crippen LogP contribution in [0.4, 0.5) is 4.39 Å². The Balaban J connectivity index is 2.86. The van der Waals surface area contributed by atoms with Crippen LogP contribution in [0.5, 0.6) is 0 Å². The summed E-state index contributed by atoms with van der Waals surface area (Å²) in [6.07, 6.45) is 1.57. The second-order valence-electron chi connectivity index (χ2n) is 2.63. The number of rotatable bonds is 0. The van der Waals surface area contributed by atoms with E-state index >= 15 is 0 Å². The molecule has 2 rings (SSSR count). The molecule has 1 aromatic carbocycles. The molecule has 0 bridgehead atoms. The predicted molar refractivity (Wildman–Crippen MR) is 50.7 cm³/mol. The van der Waals surface area contributed by atoms with Crippen molar-refractivity contribution in [3.05, 3.63) is 34.2 Å². The van der Waals surface area contributed by atoms with Crippen molar-refractivity contribution >= 4 is 26.8 Å². The highest BCUT2D eigenvalue weighted by molar-refractivity contribution is 9.10. The number of benzene rings is 1. The van der Waals surface area contributed by atoms with Gasteiger partial charge in [-0.3, -0.25) is 0 Å². The molecule has 2 aromatic rings. The van der Waals surface area contributed by atoms with Gasteiger partial charge in [0.25, 0.3) is 0 Å². The molecule has 0 unspecified atom stereocenters. The van der Waals surface area contributed by atoms with Crippen molar-refractivity contribution in [2.45, 2.75) is 0 Å². The molecule has 1 heterocycles. The van der Waals surface area contributed by atoms with E-state index in [1.165, 1.54) is 6.07 Å². The second-order valence-corrected chi connectivity index (χ2v) is 3.48. The summed E-state index contributed by atoms with van der Waals surface area (Å²) in [6, 6.07) is 4.98. The summed E-state index contributed by atoms with van der Waals surface area (Å²) in [6.45, 7) is 0. The zero-order chi connectivity index (χ0) is 9.42. The van der Waals surface area contributed by atoms with E-state index in [9.17, 15) is 4.39 Å². The maximum absolute atomic E-state index is 13.0. The lowest BCUT2D eigenvalue weighted by Gasteiger charge is -1.94. The molecule has 0 fully saturated rings. The summed E-state index contributed by atoms with van der Waals surface area (Å²) in [5.41, 5.74) is 1.16. The van der Waals surface area contributed by atoms with E-state index in [1.54, 1.807) is 12.3 Å². The van der Waals surface area contributed by atoms with E-state index < -0.39 is 0 Å². The quantitative estimate of drug-likeness (QED) is 0.754. The topological polar surface area (TPSA) is 39.6 Å². The molecule has 0 radical (unpaired) electrons. The average molecular weight is 239 g/mol. The highest BCUT2D eigenvalue weighted by Crippen LogP contribution is 2.24. The molecule has 64 valence electrons. The standard InChI is InChI=1S/C9H4BrFN2/c10-7-1-6-5(3-12)4-13-9(6)2-8(7)11/h1-2,4,13H. The van der Waals surface area contributed by atoms with E-state index in [0.29, 0.717) is 15.6 Å². The smallest absolute Gasteiger partial charge is 0.139 e. The van der Waals surface area contributed by atoms with Crippen LogP contribution in [0.2, 0.25) is 0 Å². The lowest BCUT2D eigenvalue weighted by atomic mass is 10.2. The van der Waals surface area contributed by atoms with E-state index in [1.807, 2.05) is 6.07 Å². The van der Waals surface area contributed by atoms with Crippen molar-refractivity contribution in [2.24, 2.45) is 0 Å². The van der Waals surface area contributed by atoms with Gasteiger partial charge in [0, 0.05) is 17.1 Å². The van der Waals surface area contributed by atoms with Crippen LogP contribution in [0.1, 0.15) is 5.56 Å². The van der Waals surface area contributed by atoms with Gasteiger partial charge in [0.05, 0.1) is 10.0 Å². The van der Waals surface area contributed by atoms with Crippen molar-refractivity contribution in [3.8, 4) is 6.07 Å². The number of fused-ring (bicyclic) bond motifs is 1. The SMILES string of the molecule is N#Cc1c[nH]c2cc(F)c(Br)cc12. The fourth-order valence-corrected chi connectivity index (χ4v) is 1.55. The van der Waals surface area contributed by atoms with Gasteiger partial charge in [0.1, 0.15) is 11.9 Å². The molecule has 4 heteroatoms. The summed E-state index contributed by atoms with van der Waals surface area (Å²) < 4.78 is 13.4. The Morgan fingerprint density at radius 2 is 2.23 bits per heavy atom. The Hall–Kier alpha value is -1.34. The molecule has 0 aliphatic rings. The van der Waals surface area contributed by atoms with Gasteiger partial charge >= 0.3 is 0 Å². The van der Waals surface area contributed by atoms with E-state index in [2.05, 4.69) is 20.9 Å². The van der Waals surface area contributed by atoms with Gasteiger partial charge in [-0.05, 0) is 28.1 Å². The zero-order valence-electron chi connectivity index (χ0n) is 6.44. The van der Waals surface area contributed by atoms with E-state index in [4.69, 9.17) is 5.26 Å². The first-order valence-corrected chi connectivity index (χ1v) is 4.38. The van der Waals surface area contributed by atoms with Crippen LogP contribution in [0.25, 0.3) is 10.9 Å². The molecule has 0 aliphatic heterocycles. The maximum atomic E-state index is 13.0.